The van der Waals surface area contributed by atoms with Gasteiger partial charge in [0.25, 0.3) is 5.69 Å². The molecule has 0 saturated carbocycles. The number of non-ortho nitro benzene ring substituents is 1. The smallest absolute Gasteiger partial charge is 0.271 e. The van der Waals surface area contributed by atoms with E-state index in [4.69, 9.17) is 39.5 Å². The van der Waals surface area contributed by atoms with Crippen LogP contribution in [0.2, 0.25) is 15.1 Å². The number of nitro benzene ring substituents is 1. The van der Waals surface area contributed by atoms with Crippen LogP contribution in [-0.2, 0) is 0 Å². The van der Waals surface area contributed by atoms with Crippen molar-refractivity contribution in [3.8, 4) is 11.5 Å². The van der Waals surface area contributed by atoms with E-state index in [1.165, 1.54) is 18.2 Å². The SMILES string of the molecule is O=[N+]([O-])c1ccc(Oc2c(Cl)cc(Cl)c3ccccc23)c(Cl)c1. The third kappa shape index (κ3) is 3.06. The van der Waals surface area contributed by atoms with Crippen LogP contribution < -0.4 is 4.74 Å². The highest BCUT2D eigenvalue weighted by atomic mass is 35.5. The molecule has 0 fully saturated rings. The lowest BCUT2D eigenvalue weighted by atomic mass is 10.1. The molecule has 0 aliphatic heterocycles. The molecule has 0 heterocycles. The Labute approximate surface area is 146 Å². The van der Waals surface area contributed by atoms with Gasteiger partial charge in [-0.1, -0.05) is 59.1 Å². The van der Waals surface area contributed by atoms with Gasteiger partial charge in [-0.2, -0.15) is 0 Å². The number of fused-ring (bicyclic) bond motifs is 1. The first-order valence-corrected chi connectivity index (χ1v) is 7.59. The molecule has 0 aromatic heterocycles. The summed E-state index contributed by atoms with van der Waals surface area (Å²) < 4.78 is 5.80. The molecule has 7 heteroatoms. The highest BCUT2D eigenvalue weighted by Crippen LogP contribution is 2.42. The van der Waals surface area contributed by atoms with Crippen LogP contribution in [0.25, 0.3) is 10.8 Å². The Kier molecular flexibility index (Phi) is 4.31. The first kappa shape index (κ1) is 15.9. The average Bonchev–Trinajstić information content (AvgIpc) is 2.52. The number of nitro groups is 1. The van der Waals surface area contributed by atoms with Crippen LogP contribution >= 0.6 is 34.8 Å². The van der Waals surface area contributed by atoms with E-state index in [0.717, 1.165) is 10.8 Å². The standard InChI is InChI=1S/C16H8Cl3NO3/c17-12-8-14(19)16(11-4-2-1-3-10(11)12)23-15-6-5-9(20(21)22)7-13(15)18/h1-8H. The first-order valence-electron chi connectivity index (χ1n) is 6.46. The number of halogens is 3. The second-order valence-corrected chi connectivity index (χ2v) is 5.91. The Balaban J connectivity index is 2.10. The van der Waals surface area contributed by atoms with Gasteiger partial charge >= 0.3 is 0 Å². The number of benzene rings is 3. The third-order valence-corrected chi connectivity index (χ3v) is 4.13. The van der Waals surface area contributed by atoms with Gasteiger partial charge in [-0.05, 0) is 12.1 Å². The zero-order valence-electron chi connectivity index (χ0n) is 11.4. The molecule has 0 spiro atoms. The maximum Gasteiger partial charge on any atom is 0.271 e. The van der Waals surface area contributed by atoms with E-state index in [1.54, 1.807) is 6.07 Å². The molecule has 3 aromatic carbocycles. The quantitative estimate of drug-likeness (QED) is 0.391. The third-order valence-electron chi connectivity index (χ3n) is 3.24. The summed E-state index contributed by atoms with van der Waals surface area (Å²) in [6, 6.07) is 12.9. The van der Waals surface area contributed by atoms with Crippen molar-refractivity contribution in [3.63, 3.8) is 0 Å². The van der Waals surface area contributed by atoms with Crippen LogP contribution in [0.15, 0.2) is 48.5 Å². The van der Waals surface area contributed by atoms with E-state index in [-0.39, 0.29) is 16.5 Å². The van der Waals surface area contributed by atoms with Crippen LogP contribution in [0.4, 0.5) is 5.69 Å². The van der Waals surface area contributed by atoms with Gasteiger partial charge in [0.2, 0.25) is 0 Å². The number of hydrogen-bond acceptors (Lipinski definition) is 3. The molecule has 3 rings (SSSR count). The summed E-state index contributed by atoms with van der Waals surface area (Å²) in [7, 11) is 0. The molecule has 0 amide bonds. The first-order chi connectivity index (χ1) is 11.0. The zero-order chi connectivity index (χ0) is 16.6. The van der Waals surface area contributed by atoms with Gasteiger partial charge in [0.15, 0.2) is 5.75 Å². The summed E-state index contributed by atoms with van der Waals surface area (Å²) in [4.78, 5) is 10.2. The average molecular weight is 369 g/mol. The largest absolute Gasteiger partial charge is 0.454 e. The molecular formula is C16H8Cl3NO3. The number of rotatable bonds is 3. The highest BCUT2D eigenvalue weighted by Gasteiger charge is 2.15. The maximum atomic E-state index is 10.8. The minimum absolute atomic E-state index is 0.116. The van der Waals surface area contributed by atoms with Crippen LogP contribution in [-0.4, -0.2) is 4.92 Å². The summed E-state index contributed by atoms with van der Waals surface area (Å²) in [6.45, 7) is 0. The van der Waals surface area contributed by atoms with Crippen molar-refractivity contribution in [3.05, 3.63) is 73.7 Å². The van der Waals surface area contributed by atoms with Crippen LogP contribution in [0.5, 0.6) is 11.5 Å². The molecule has 4 nitrogen and oxygen atoms in total. The van der Waals surface area contributed by atoms with Gasteiger partial charge in [0.05, 0.1) is 20.0 Å². The van der Waals surface area contributed by atoms with E-state index < -0.39 is 4.92 Å². The van der Waals surface area contributed by atoms with Crippen molar-refractivity contribution in [2.45, 2.75) is 0 Å². The Hall–Kier alpha value is -2.01. The molecule has 0 aliphatic rings. The van der Waals surface area contributed by atoms with Crippen molar-refractivity contribution in [1.82, 2.24) is 0 Å². The van der Waals surface area contributed by atoms with Gasteiger partial charge in [0, 0.05) is 22.9 Å². The molecule has 0 aliphatic carbocycles. The van der Waals surface area contributed by atoms with E-state index >= 15 is 0 Å². The van der Waals surface area contributed by atoms with Crippen molar-refractivity contribution >= 4 is 51.3 Å². The second kappa shape index (κ2) is 6.24. The fourth-order valence-corrected chi connectivity index (χ4v) is 2.96. The fraction of sp³-hybridized carbons (Fsp3) is 0. The topological polar surface area (TPSA) is 52.4 Å². The Morgan fingerprint density at radius 3 is 2.22 bits per heavy atom. The van der Waals surface area contributed by atoms with Gasteiger partial charge in [-0.3, -0.25) is 10.1 Å². The molecular weight excluding hydrogens is 361 g/mol. The van der Waals surface area contributed by atoms with Gasteiger partial charge in [0.1, 0.15) is 5.75 Å². The fourth-order valence-electron chi connectivity index (χ4n) is 2.17. The molecule has 0 atom stereocenters. The summed E-state index contributed by atoms with van der Waals surface area (Å²) in [5.41, 5.74) is -0.116. The zero-order valence-corrected chi connectivity index (χ0v) is 13.7. The molecule has 23 heavy (non-hydrogen) atoms. The summed E-state index contributed by atoms with van der Waals surface area (Å²) in [5, 5.41) is 13.2. The molecule has 0 unspecified atom stereocenters. The molecule has 0 saturated heterocycles. The van der Waals surface area contributed by atoms with Gasteiger partial charge in [-0.25, -0.2) is 0 Å². The van der Waals surface area contributed by atoms with Crippen molar-refractivity contribution < 1.29 is 9.66 Å². The van der Waals surface area contributed by atoms with E-state index in [9.17, 15) is 10.1 Å². The Morgan fingerprint density at radius 2 is 1.57 bits per heavy atom. The number of hydrogen-bond donors (Lipinski definition) is 0. The summed E-state index contributed by atoms with van der Waals surface area (Å²) in [5.74, 6) is 0.661. The molecule has 0 bridgehead atoms. The number of nitrogens with zero attached hydrogens (tertiary/aromatic N) is 1. The lowest BCUT2D eigenvalue weighted by molar-refractivity contribution is -0.384. The normalized spacial score (nSPS) is 10.7. The van der Waals surface area contributed by atoms with Crippen molar-refractivity contribution in [2.24, 2.45) is 0 Å². The summed E-state index contributed by atoms with van der Waals surface area (Å²) in [6.07, 6.45) is 0. The van der Waals surface area contributed by atoms with Gasteiger partial charge in [-0.15, -0.1) is 0 Å². The van der Waals surface area contributed by atoms with Crippen molar-refractivity contribution in [1.29, 1.82) is 0 Å². The molecule has 116 valence electrons. The predicted molar refractivity (Wildman–Crippen MR) is 92.1 cm³/mol. The minimum Gasteiger partial charge on any atom is -0.454 e. The minimum atomic E-state index is -0.527. The van der Waals surface area contributed by atoms with Crippen molar-refractivity contribution in [2.75, 3.05) is 0 Å². The molecule has 3 aromatic rings. The maximum absolute atomic E-state index is 10.8. The Morgan fingerprint density at radius 1 is 0.870 bits per heavy atom. The summed E-state index contributed by atoms with van der Waals surface area (Å²) >= 11 is 18.5. The molecule has 0 N–H and O–H groups in total. The predicted octanol–water partition coefficient (Wildman–Crippen LogP) is 6.50. The lowest BCUT2D eigenvalue weighted by Crippen LogP contribution is -1.91. The van der Waals surface area contributed by atoms with Crippen LogP contribution in [0.3, 0.4) is 0 Å². The number of ether oxygens (including phenoxy) is 1. The van der Waals surface area contributed by atoms with E-state index in [2.05, 4.69) is 0 Å². The monoisotopic (exact) mass is 367 g/mol. The lowest BCUT2D eigenvalue weighted by Gasteiger charge is -2.13. The highest BCUT2D eigenvalue weighted by molar-refractivity contribution is 6.40. The van der Waals surface area contributed by atoms with Crippen LogP contribution in [0, 0.1) is 10.1 Å². The second-order valence-electron chi connectivity index (χ2n) is 4.69. The Bertz CT molecular complexity index is 928. The van der Waals surface area contributed by atoms with Crippen LogP contribution in [0.1, 0.15) is 0 Å². The molecule has 0 radical (unpaired) electrons. The van der Waals surface area contributed by atoms with E-state index in [1.807, 2.05) is 24.3 Å². The van der Waals surface area contributed by atoms with Gasteiger partial charge < -0.3 is 4.74 Å². The van der Waals surface area contributed by atoms with E-state index in [0.29, 0.717) is 15.8 Å².